The molecule has 0 saturated heterocycles. The molecule has 6 heteroatoms. The summed E-state index contributed by atoms with van der Waals surface area (Å²) in [5, 5.41) is 4.45. The van der Waals surface area contributed by atoms with E-state index in [-0.39, 0.29) is 0 Å². The first-order valence-electron chi connectivity index (χ1n) is 18.5. The molecule has 0 spiro atoms. The molecule has 0 fully saturated rings. The molecule has 6 aromatic heterocycles. The zero-order valence-corrected chi connectivity index (χ0v) is 30.7. The van der Waals surface area contributed by atoms with Gasteiger partial charge in [0.05, 0.1) is 39.4 Å². The molecular weight excluding hydrogens is 705 g/mol. The van der Waals surface area contributed by atoms with E-state index in [0.717, 1.165) is 89.5 Å². The van der Waals surface area contributed by atoms with Gasteiger partial charge in [-0.05, 0) is 77.4 Å². The van der Waals surface area contributed by atoms with Crippen LogP contribution in [0.5, 0.6) is 0 Å². The summed E-state index contributed by atoms with van der Waals surface area (Å²) in [4.78, 5) is 19.6. The van der Waals surface area contributed by atoms with E-state index < -0.39 is 0 Å². The second-order valence-electron chi connectivity index (χ2n) is 13.8. The van der Waals surface area contributed by atoms with Gasteiger partial charge in [-0.15, -0.1) is 11.3 Å². The third-order valence-electron chi connectivity index (χ3n) is 10.4. The van der Waals surface area contributed by atoms with E-state index in [0.29, 0.717) is 0 Å². The van der Waals surface area contributed by atoms with Gasteiger partial charge in [-0.25, -0.2) is 9.97 Å². The second-order valence-corrected chi connectivity index (χ2v) is 14.8. The first-order chi connectivity index (χ1) is 27.8. The second kappa shape index (κ2) is 13.2. The van der Waals surface area contributed by atoms with Crippen LogP contribution in [0.2, 0.25) is 0 Å². The lowest BCUT2D eigenvalue weighted by Gasteiger charge is -2.11. The molecule has 0 N–H and O–H groups in total. The molecule has 0 saturated carbocycles. The topological polar surface area (TPSA) is 64.7 Å². The summed E-state index contributed by atoms with van der Waals surface area (Å²) in [7, 11) is 0. The number of hydrogen-bond donors (Lipinski definition) is 0. The van der Waals surface area contributed by atoms with Crippen molar-refractivity contribution in [3.8, 4) is 67.6 Å². The zero-order valence-electron chi connectivity index (χ0n) is 29.9. The lowest BCUT2D eigenvalue weighted by atomic mass is 9.93. The average Bonchev–Trinajstić information content (AvgIpc) is 3.87. The number of aromatic nitrogens is 4. The van der Waals surface area contributed by atoms with Crippen LogP contribution in [0.25, 0.3) is 110 Å². The Hall–Kier alpha value is -7.28. The van der Waals surface area contributed by atoms with Crippen LogP contribution < -0.4 is 0 Å². The molecule has 5 aromatic carbocycles. The Balaban J connectivity index is 1.16. The molecule has 0 atom stereocenters. The Morgan fingerprint density at radius 3 is 1.82 bits per heavy atom. The highest BCUT2D eigenvalue weighted by Crippen LogP contribution is 2.50. The van der Waals surface area contributed by atoms with Gasteiger partial charge in [0.1, 0.15) is 11.3 Å². The maximum atomic E-state index is 7.21. The Bertz CT molecular complexity index is 3170. The van der Waals surface area contributed by atoms with Crippen LogP contribution in [0.1, 0.15) is 0 Å². The number of thiophene rings is 1. The number of rotatable bonds is 6. The van der Waals surface area contributed by atoms with Crippen LogP contribution in [0, 0.1) is 0 Å². The largest absolute Gasteiger partial charge is 0.455 e. The molecule has 0 amide bonds. The maximum Gasteiger partial charge on any atom is 0.147 e. The van der Waals surface area contributed by atoms with Crippen LogP contribution in [0.15, 0.2) is 187 Å². The van der Waals surface area contributed by atoms with Crippen LogP contribution in [0.4, 0.5) is 0 Å². The van der Waals surface area contributed by atoms with Gasteiger partial charge in [-0.3, -0.25) is 9.97 Å². The predicted octanol–water partition coefficient (Wildman–Crippen LogP) is 13.5. The van der Waals surface area contributed by atoms with Crippen molar-refractivity contribution in [1.82, 2.24) is 19.9 Å². The summed E-state index contributed by atoms with van der Waals surface area (Å²) in [6, 6.07) is 58.7. The quantitative estimate of drug-likeness (QED) is 0.170. The molecule has 56 heavy (non-hydrogen) atoms. The normalized spacial score (nSPS) is 11.6. The maximum absolute atomic E-state index is 7.21. The summed E-state index contributed by atoms with van der Waals surface area (Å²) < 4.78 is 9.66. The molecule has 262 valence electrons. The summed E-state index contributed by atoms with van der Waals surface area (Å²) in [6.07, 6.45) is 3.60. The van der Waals surface area contributed by atoms with Gasteiger partial charge >= 0.3 is 0 Å². The number of para-hydroxylation sites is 1. The van der Waals surface area contributed by atoms with E-state index in [1.54, 1.807) is 12.4 Å². The minimum absolute atomic E-state index is 0.790. The Morgan fingerprint density at radius 2 is 1.09 bits per heavy atom. The van der Waals surface area contributed by atoms with Crippen LogP contribution >= 0.6 is 11.3 Å². The minimum Gasteiger partial charge on any atom is -0.455 e. The molecule has 5 nitrogen and oxygen atoms in total. The number of fused-ring (bicyclic) bond motifs is 6. The predicted molar refractivity (Wildman–Crippen MR) is 230 cm³/mol. The van der Waals surface area contributed by atoms with E-state index in [1.807, 2.05) is 59.9 Å². The lowest BCUT2D eigenvalue weighted by molar-refractivity contribution is 0.636. The number of furan rings is 1. The first-order valence-corrected chi connectivity index (χ1v) is 19.4. The zero-order chi connectivity index (χ0) is 37.0. The van der Waals surface area contributed by atoms with E-state index in [2.05, 4.69) is 131 Å². The fourth-order valence-corrected chi connectivity index (χ4v) is 9.01. The van der Waals surface area contributed by atoms with Crippen molar-refractivity contribution in [2.45, 2.75) is 0 Å². The third-order valence-corrected chi connectivity index (χ3v) is 11.6. The van der Waals surface area contributed by atoms with Crippen LogP contribution in [0.3, 0.4) is 0 Å². The van der Waals surface area contributed by atoms with E-state index >= 15 is 0 Å². The Morgan fingerprint density at radius 1 is 0.446 bits per heavy atom. The fraction of sp³-hybridized carbons (Fsp3) is 0. The molecule has 11 rings (SSSR count). The molecule has 0 bridgehead atoms. The van der Waals surface area contributed by atoms with E-state index in [9.17, 15) is 0 Å². The van der Waals surface area contributed by atoms with Crippen LogP contribution in [-0.4, -0.2) is 19.9 Å². The van der Waals surface area contributed by atoms with Crippen molar-refractivity contribution in [2.24, 2.45) is 0 Å². The van der Waals surface area contributed by atoms with Crippen molar-refractivity contribution in [1.29, 1.82) is 0 Å². The van der Waals surface area contributed by atoms with Gasteiger partial charge in [0.15, 0.2) is 0 Å². The molecule has 0 aliphatic rings. The standard InChI is InChI=1S/C50H30N4OS/c1-2-13-33(14-3-1)47-46-45(32-25-23-31(24-26-32)34-29-42(40-20-8-10-27-51-40)53-43(30-34)41-21-9-11-28-52-41)49(55-48(46)37-16-4-6-19-39(37)54-47)38-18-12-17-36-35-15-5-7-22-44(35)56-50(36)38/h1-30H. The number of pyridine rings is 4. The summed E-state index contributed by atoms with van der Waals surface area (Å²) >= 11 is 1.81. The molecule has 0 radical (unpaired) electrons. The summed E-state index contributed by atoms with van der Waals surface area (Å²) in [5.41, 5.74) is 12.1. The van der Waals surface area contributed by atoms with E-state index in [4.69, 9.17) is 14.4 Å². The monoisotopic (exact) mass is 734 g/mol. The van der Waals surface area contributed by atoms with Gasteiger partial charge in [0.25, 0.3) is 0 Å². The number of benzene rings is 5. The summed E-state index contributed by atoms with van der Waals surface area (Å²) in [5.74, 6) is 0.832. The van der Waals surface area contributed by atoms with Gasteiger partial charge in [-0.2, -0.15) is 0 Å². The van der Waals surface area contributed by atoms with Crippen molar-refractivity contribution < 1.29 is 4.42 Å². The number of hydrogen-bond acceptors (Lipinski definition) is 6. The first kappa shape index (κ1) is 32.2. The van der Waals surface area contributed by atoms with Gasteiger partial charge in [0.2, 0.25) is 0 Å². The molecule has 6 heterocycles. The molecule has 0 unspecified atom stereocenters. The molecular formula is C50H30N4OS. The van der Waals surface area contributed by atoms with E-state index in [1.165, 1.54) is 20.2 Å². The van der Waals surface area contributed by atoms with Crippen molar-refractivity contribution in [2.75, 3.05) is 0 Å². The number of nitrogens with zero attached hydrogens (tertiary/aromatic N) is 4. The molecule has 11 aromatic rings. The van der Waals surface area contributed by atoms with Crippen molar-refractivity contribution >= 4 is 53.4 Å². The van der Waals surface area contributed by atoms with Gasteiger partial charge in [-0.1, -0.05) is 109 Å². The SMILES string of the molecule is c1ccc(-c2nc3ccccc3c3oc(-c4cccc5c4sc4ccccc45)c(-c4ccc(-c5cc(-c6ccccn6)nc(-c6ccccn6)c5)cc4)c23)cc1. The molecule has 0 aliphatic heterocycles. The average molecular weight is 735 g/mol. The van der Waals surface area contributed by atoms with Gasteiger partial charge < -0.3 is 4.42 Å². The summed E-state index contributed by atoms with van der Waals surface area (Å²) in [6.45, 7) is 0. The highest BCUT2D eigenvalue weighted by molar-refractivity contribution is 7.26. The highest BCUT2D eigenvalue weighted by atomic mass is 32.1. The minimum atomic E-state index is 0.790. The molecule has 0 aliphatic carbocycles. The Kier molecular flexibility index (Phi) is 7.60. The smallest absolute Gasteiger partial charge is 0.147 e. The highest BCUT2D eigenvalue weighted by Gasteiger charge is 2.26. The third kappa shape index (κ3) is 5.38. The van der Waals surface area contributed by atoms with Crippen LogP contribution in [-0.2, 0) is 0 Å². The van der Waals surface area contributed by atoms with Gasteiger partial charge in [0, 0.05) is 54.6 Å². The van der Waals surface area contributed by atoms with Crippen molar-refractivity contribution in [3.63, 3.8) is 0 Å². The fourth-order valence-electron chi connectivity index (χ4n) is 7.80. The van der Waals surface area contributed by atoms with Crippen molar-refractivity contribution in [3.05, 3.63) is 182 Å². The lowest BCUT2D eigenvalue weighted by Crippen LogP contribution is -1.94. The Labute approximate surface area is 326 Å².